The van der Waals surface area contributed by atoms with E-state index in [9.17, 15) is 4.79 Å². The zero-order valence-electron chi connectivity index (χ0n) is 9.83. The van der Waals surface area contributed by atoms with Gasteiger partial charge in [0.2, 0.25) is 0 Å². The molecule has 1 heterocycles. The van der Waals surface area contributed by atoms with Crippen LogP contribution < -0.4 is 16.2 Å². The van der Waals surface area contributed by atoms with Crippen LogP contribution in [-0.4, -0.2) is 24.0 Å². The Kier molecular flexibility index (Phi) is 3.66. The molecule has 0 spiro atoms. The van der Waals surface area contributed by atoms with E-state index in [1.165, 1.54) is 0 Å². The summed E-state index contributed by atoms with van der Waals surface area (Å²) in [7, 11) is 0. The summed E-state index contributed by atoms with van der Waals surface area (Å²) in [6.07, 6.45) is 0. The van der Waals surface area contributed by atoms with Crippen LogP contribution in [0.4, 0.5) is 0 Å². The first-order chi connectivity index (χ1) is 8.08. The number of nitrogens with one attached hydrogen (secondary N) is 3. The third kappa shape index (κ3) is 2.77. The first kappa shape index (κ1) is 12.4. The molecule has 1 aromatic rings. The molecule has 2 atom stereocenters. The maximum Gasteiger partial charge on any atom is 0.251 e. The van der Waals surface area contributed by atoms with E-state index in [1.54, 1.807) is 24.3 Å². The molecule has 2 rings (SSSR count). The molecule has 2 unspecified atom stereocenters. The fraction of sp³-hybridized carbons (Fsp3) is 0.417. The van der Waals surface area contributed by atoms with Gasteiger partial charge in [0.05, 0.1) is 6.04 Å². The normalized spacial score (nSPS) is 28.1. The van der Waals surface area contributed by atoms with E-state index in [0.29, 0.717) is 10.6 Å². The number of carbonyl (C=O) groups excluding carboxylic acids is 1. The molecule has 1 aliphatic rings. The molecule has 4 nitrogen and oxygen atoms in total. The predicted octanol–water partition coefficient (Wildman–Crippen LogP) is 1.32. The monoisotopic (exact) mass is 253 g/mol. The molecule has 1 aliphatic heterocycles. The molecule has 92 valence electrons. The van der Waals surface area contributed by atoms with Gasteiger partial charge in [-0.1, -0.05) is 11.6 Å². The molecule has 0 aromatic heterocycles. The Balaban J connectivity index is 2.04. The van der Waals surface area contributed by atoms with E-state index in [-0.39, 0.29) is 24.0 Å². The summed E-state index contributed by atoms with van der Waals surface area (Å²) in [5.41, 5.74) is 6.82. The number of halogens is 1. The second-order valence-electron chi connectivity index (χ2n) is 4.37. The summed E-state index contributed by atoms with van der Waals surface area (Å²) >= 11 is 5.78. The van der Waals surface area contributed by atoms with Crippen LogP contribution in [0.1, 0.15) is 24.2 Å². The Morgan fingerprint density at radius 3 is 2.24 bits per heavy atom. The Morgan fingerprint density at radius 1 is 1.18 bits per heavy atom. The highest BCUT2D eigenvalue weighted by atomic mass is 35.5. The first-order valence-corrected chi connectivity index (χ1v) is 6.03. The second kappa shape index (κ2) is 5.04. The minimum atomic E-state index is -0.0733. The molecule has 0 saturated carbocycles. The summed E-state index contributed by atoms with van der Waals surface area (Å²) in [4.78, 5) is 12.0. The lowest BCUT2D eigenvalue weighted by Crippen LogP contribution is -2.46. The molecule has 1 saturated heterocycles. The largest absolute Gasteiger partial charge is 0.346 e. The fourth-order valence-electron chi connectivity index (χ4n) is 1.96. The average Bonchev–Trinajstić information content (AvgIpc) is 2.61. The number of rotatable bonds is 2. The molecule has 1 aromatic carbocycles. The summed E-state index contributed by atoms with van der Waals surface area (Å²) in [6, 6.07) is 7.38. The number of hydrazine groups is 1. The van der Waals surface area contributed by atoms with Crippen molar-refractivity contribution in [2.45, 2.75) is 32.0 Å². The van der Waals surface area contributed by atoms with Crippen LogP contribution in [0, 0.1) is 0 Å². The van der Waals surface area contributed by atoms with Gasteiger partial charge < -0.3 is 5.32 Å². The minimum absolute atomic E-state index is 0.0733. The van der Waals surface area contributed by atoms with Crippen LogP contribution in [0.15, 0.2) is 24.3 Å². The maximum atomic E-state index is 12.0. The Bertz CT molecular complexity index is 397. The third-order valence-electron chi connectivity index (χ3n) is 3.02. The van der Waals surface area contributed by atoms with Crippen molar-refractivity contribution in [3.05, 3.63) is 34.9 Å². The third-order valence-corrected chi connectivity index (χ3v) is 3.27. The van der Waals surface area contributed by atoms with Crippen molar-refractivity contribution in [1.82, 2.24) is 16.2 Å². The van der Waals surface area contributed by atoms with Crippen molar-refractivity contribution in [3.8, 4) is 0 Å². The number of hydrogen-bond donors (Lipinski definition) is 3. The van der Waals surface area contributed by atoms with E-state index >= 15 is 0 Å². The number of hydrogen-bond acceptors (Lipinski definition) is 3. The summed E-state index contributed by atoms with van der Waals surface area (Å²) in [5.74, 6) is -0.0733. The highest BCUT2D eigenvalue weighted by Crippen LogP contribution is 2.11. The Morgan fingerprint density at radius 2 is 1.71 bits per heavy atom. The lowest BCUT2D eigenvalue weighted by Gasteiger charge is -2.19. The quantitative estimate of drug-likeness (QED) is 0.745. The first-order valence-electron chi connectivity index (χ1n) is 5.65. The van der Waals surface area contributed by atoms with Crippen LogP contribution in [0.25, 0.3) is 0 Å². The molecule has 3 N–H and O–H groups in total. The SMILES string of the molecule is CC1NNC(C)C1NC(=O)c1ccc(Cl)cc1. The molecule has 1 fully saturated rings. The van der Waals surface area contributed by atoms with Crippen molar-refractivity contribution in [2.75, 3.05) is 0 Å². The Labute approximate surface area is 106 Å². The number of benzene rings is 1. The minimum Gasteiger partial charge on any atom is -0.346 e. The van der Waals surface area contributed by atoms with Gasteiger partial charge in [0.1, 0.15) is 0 Å². The van der Waals surface area contributed by atoms with Crippen molar-refractivity contribution < 1.29 is 4.79 Å². The highest BCUT2D eigenvalue weighted by Gasteiger charge is 2.30. The van der Waals surface area contributed by atoms with Gasteiger partial charge in [-0.05, 0) is 38.1 Å². The van der Waals surface area contributed by atoms with E-state index in [2.05, 4.69) is 16.2 Å². The van der Waals surface area contributed by atoms with Crippen molar-refractivity contribution in [2.24, 2.45) is 0 Å². The van der Waals surface area contributed by atoms with Gasteiger partial charge in [-0.2, -0.15) is 0 Å². The average molecular weight is 254 g/mol. The van der Waals surface area contributed by atoms with Gasteiger partial charge in [0.15, 0.2) is 0 Å². The van der Waals surface area contributed by atoms with Gasteiger partial charge >= 0.3 is 0 Å². The zero-order valence-corrected chi connectivity index (χ0v) is 10.6. The predicted molar refractivity (Wildman–Crippen MR) is 67.9 cm³/mol. The molecule has 0 bridgehead atoms. The van der Waals surface area contributed by atoms with Crippen LogP contribution in [0.5, 0.6) is 0 Å². The van der Waals surface area contributed by atoms with Gasteiger partial charge in [0.25, 0.3) is 5.91 Å². The van der Waals surface area contributed by atoms with Crippen LogP contribution in [0.3, 0.4) is 0 Å². The van der Waals surface area contributed by atoms with Gasteiger partial charge in [-0.15, -0.1) is 0 Å². The number of carbonyl (C=O) groups is 1. The van der Waals surface area contributed by atoms with Crippen molar-refractivity contribution in [1.29, 1.82) is 0 Å². The maximum absolute atomic E-state index is 12.0. The van der Waals surface area contributed by atoms with Gasteiger partial charge in [0, 0.05) is 22.7 Å². The standard InChI is InChI=1S/C12H16ClN3O/c1-7-11(8(2)16-15-7)14-12(17)9-3-5-10(13)6-4-9/h3-8,11,15-16H,1-2H3,(H,14,17). The lowest BCUT2D eigenvalue weighted by atomic mass is 10.1. The van der Waals surface area contributed by atoms with Crippen LogP contribution in [-0.2, 0) is 0 Å². The zero-order chi connectivity index (χ0) is 12.4. The summed E-state index contributed by atoms with van der Waals surface area (Å²) in [6.45, 7) is 4.06. The molecule has 0 aliphatic carbocycles. The van der Waals surface area contributed by atoms with Crippen molar-refractivity contribution >= 4 is 17.5 Å². The molecule has 0 radical (unpaired) electrons. The van der Waals surface area contributed by atoms with Crippen molar-refractivity contribution in [3.63, 3.8) is 0 Å². The topological polar surface area (TPSA) is 53.2 Å². The van der Waals surface area contributed by atoms with Gasteiger partial charge in [-0.25, -0.2) is 0 Å². The van der Waals surface area contributed by atoms with Crippen LogP contribution in [0.2, 0.25) is 5.02 Å². The molecule has 17 heavy (non-hydrogen) atoms. The van der Waals surface area contributed by atoms with Gasteiger partial charge in [-0.3, -0.25) is 15.6 Å². The van der Waals surface area contributed by atoms with E-state index in [4.69, 9.17) is 11.6 Å². The lowest BCUT2D eigenvalue weighted by molar-refractivity contribution is 0.0931. The molecular formula is C12H16ClN3O. The molecule has 5 heteroatoms. The van der Waals surface area contributed by atoms with Crippen LogP contribution >= 0.6 is 11.6 Å². The van der Waals surface area contributed by atoms with E-state index in [0.717, 1.165) is 0 Å². The summed E-state index contributed by atoms with van der Waals surface area (Å²) < 4.78 is 0. The van der Waals surface area contributed by atoms with E-state index in [1.807, 2.05) is 13.8 Å². The highest BCUT2D eigenvalue weighted by molar-refractivity contribution is 6.30. The fourth-order valence-corrected chi connectivity index (χ4v) is 2.09. The van der Waals surface area contributed by atoms with E-state index < -0.39 is 0 Å². The molecular weight excluding hydrogens is 238 g/mol. The molecule has 1 amide bonds. The number of amides is 1. The smallest absolute Gasteiger partial charge is 0.251 e. The summed E-state index contributed by atoms with van der Waals surface area (Å²) in [5, 5.41) is 3.64. The Hall–Kier alpha value is -1.10. The second-order valence-corrected chi connectivity index (χ2v) is 4.81.